The number of nitrogens with zero attached hydrogens (tertiary/aromatic N) is 1. The lowest BCUT2D eigenvalue weighted by Crippen LogP contribution is -2.44. The van der Waals surface area contributed by atoms with Crippen molar-refractivity contribution in [2.45, 2.75) is 63.5 Å². The van der Waals surface area contributed by atoms with Gasteiger partial charge in [-0.3, -0.25) is 4.79 Å². The minimum absolute atomic E-state index is 0. The van der Waals surface area contributed by atoms with Crippen LogP contribution >= 0.6 is 12.4 Å². The fraction of sp³-hybridized carbons (Fsp3) is 0.929. The number of rotatable bonds is 5. The number of hydrogen-bond acceptors (Lipinski definition) is 3. The van der Waals surface area contributed by atoms with Crippen LogP contribution in [0.15, 0.2) is 0 Å². The molecule has 2 unspecified atom stereocenters. The van der Waals surface area contributed by atoms with E-state index in [1.165, 1.54) is 6.42 Å². The second-order valence-electron chi connectivity index (χ2n) is 5.49. The fourth-order valence-electron chi connectivity index (χ4n) is 3.12. The van der Waals surface area contributed by atoms with E-state index in [1.54, 1.807) is 0 Å². The zero-order chi connectivity index (χ0) is 12.8. The van der Waals surface area contributed by atoms with Crippen molar-refractivity contribution in [1.29, 1.82) is 0 Å². The van der Waals surface area contributed by atoms with Crippen LogP contribution < -0.4 is 5.73 Å². The Hall–Kier alpha value is -0.320. The summed E-state index contributed by atoms with van der Waals surface area (Å²) in [5, 5.41) is 0. The Morgan fingerprint density at radius 2 is 2.05 bits per heavy atom. The monoisotopic (exact) mass is 290 g/mol. The van der Waals surface area contributed by atoms with Crippen LogP contribution in [0.1, 0.15) is 51.4 Å². The lowest BCUT2D eigenvalue weighted by atomic mass is 9.98. The van der Waals surface area contributed by atoms with Gasteiger partial charge in [0.1, 0.15) is 0 Å². The molecule has 112 valence electrons. The number of amides is 1. The Morgan fingerprint density at radius 1 is 1.21 bits per heavy atom. The zero-order valence-electron chi connectivity index (χ0n) is 11.7. The molecule has 0 aromatic rings. The standard InChI is InChI=1S/C14H26N2O2.ClH/c15-9-8-12-4-1-2-10-16(12)14(17)7-6-13-5-3-11-18-13;/h12-13H,1-11,15H2;1H. The molecule has 0 aliphatic carbocycles. The topological polar surface area (TPSA) is 55.6 Å². The molecule has 0 spiro atoms. The number of piperidine rings is 1. The summed E-state index contributed by atoms with van der Waals surface area (Å²) in [6.07, 6.45) is 8.60. The minimum Gasteiger partial charge on any atom is -0.378 e. The maximum absolute atomic E-state index is 12.3. The van der Waals surface area contributed by atoms with Crippen molar-refractivity contribution in [3.63, 3.8) is 0 Å². The number of ether oxygens (including phenoxy) is 1. The molecule has 2 aliphatic rings. The predicted molar refractivity (Wildman–Crippen MR) is 78.5 cm³/mol. The highest BCUT2D eigenvalue weighted by Gasteiger charge is 2.26. The Bertz CT molecular complexity index is 268. The van der Waals surface area contributed by atoms with Crippen molar-refractivity contribution in [2.75, 3.05) is 19.7 Å². The number of nitrogens with two attached hydrogens (primary N) is 1. The normalized spacial score (nSPS) is 27.1. The van der Waals surface area contributed by atoms with Crippen LogP contribution in [-0.4, -0.2) is 42.6 Å². The van der Waals surface area contributed by atoms with E-state index in [-0.39, 0.29) is 12.4 Å². The smallest absolute Gasteiger partial charge is 0.222 e. The molecule has 2 N–H and O–H groups in total. The summed E-state index contributed by atoms with van der Waals surface area (Å²) in [5.41, 5.74) is 5.64. The van der Waals surface area contributed by atoms with Crippen molar-refractivity contribution in [3.05, 3.63) is 0 Å². The number of carbonyl (C=O) groups is 1. The van der Waals surface area contributed by atoms with Crippen molar-refractivity contribution in [3.8, 4) is 0 Å². The Labute approximate surface area is 122 Å². The summed E-state index contributed by atoms with van der Waals surface area (Å²) in [6.45, 7) is 2.48. The summed E-state index contributed by atoms with van der Waals surface area (Å²) in [7, 11) is 0. The van der Waals surface area contributed by atoms with E-state index in [1.807, 2.05) is 0 Å². The first kappa shape index (κ1) is 16.7. The second kappa shape index (κ2) is 8.77. The van der Waals surface area contributed by atoms with E-state index in [4.69, 9.17) is 10.5 Å². The minimum atomic E-state index is 0. The van der Waals surface area contributed by atoms with Gasteiger partial charge < -0.3 is 15.4 Å². The van der Waals surface area contributed by atoms with Gasteiger partial charge in [0.05, 0.1) is 6.10 Å². The van der Waals surface area contributed by atoms with Gasteiger partial charge in [-0.05, 0) is 51.5 Å². The van der Waals surface area contributed by atoms with Crippen molar-refractivity contribution >= 4 is 18.3 Å². The van der Waals surface area contributed by atoms with Gasteiger partial charge in [-0.15, -0.1) is 12.4 Å². The number of likely N-dealkylation sites (tertiary alicyclic amines) is 1. The fourth-order valence-corrected chi connectivity index (χ4v) is 3.12. The lowest BCUT2D eigenvalue weighted by Gasteiger charge is -2.36. The van der Waals surface area contributed by atoms with Crippen molar-refractivity contribution in [1.82, 2.24) is 4.90 Å². The molecule has 0 radical (unpaired) electrons. The third-order valence-corrected chi connectivity index (χ3v) is 4.15. The second-order valence-corrected chi connectivity index (χ2v) is 5.49. The first-order valence-corrected chi connectivity index (χ1v) is 7.42. The molecule has 19 heavy (non-hydrogen) atoms. The Morgan fingerprint density at radius 3 is 2.74 bits per heavy atom. The van der Waals surface area contributed by atoms with E-state index in [9.17, 15) is 4.79 Å². The maximum Gasteiger partial charge on any atom is 0.222 e. The molecular weight excluding hydrogens is 264 g/mol. The van der Waals surface area contributed by atoms with Gasteiger partial charge in [0, 0.05) is 25.6 Å². The van der Waals surface area contributed by atoms with Crippen LogP contribution in [0.4, 0.5) is 0 Å². The molecule has 0 aromatic heterocycles. The Kier molecular flexibility index (Phi) is 7.73. The maximum atomic E-state index is 12.3. The van der Waals surface area contributed by atoms with Crippen LogP contribution in [0.3, 0.4) is 0 Å². The van der Waals surface area contributed by atoms with Gasteiger partial charge in [-0.1, -0.05) is 0 Å². The molecule has 5 heteroatoms. The van der Waals surface area contributed by atoms with Crippen LogP contribution in [0.25, 0.3) is 0 Å². The molecule has 2 heterocycles. The van der Waals surface area contributed by atoms with Crippen LogP contribution in [0, 0.1) is 0 Å². The van der Waals surface area contributed by atoms with E-state index in [2.05, 4.69) is 4.90 Å². The number of hydrogen-bond donors (Lipinski definition) is 1. The third-order valence-electron chi connectivity index (χ3n) is 4.15. The quantitative estimate of drug-likeness (QED) is 0.843. The van der Waals surface area contributed by atoms with Gasteiger partial charge in [0.25, 0.3) is 0 Å². The zero-order valence-corrected chi connectivity index (χ0v) is 12.5. The van der Waals surface area contributed by atoms with Crippen LogP contribution in [0.5, 0.6) is 0 Å². The van der Waals surface area contributed by atoms with Gasteiger partial charge >= 0.3 is 0 Å². The largest absolute Gasteiger partial charge is 0.378 e. The number of carbonyl (C=O) groups excluding carboxylic acids is 1. The Balaban J connectivity index is 0.00000180. The SMILES string of the molecule is Cl.NCCC1CCCCN1C(=O)CCC1CCCO1. The molecular formula is C14H27ClN2O2. The molecule has 2 rings (SSSR count). The molecule has 1 amide bonds. The van der Waals surface area contributed by atoms with Gasteiger partial charge in [0.15, 0.2) is 0 Å². The molecule has 4 nitrogen and oxygen atoms in total. The molecule has 0 saturated carbocycles. The molecule has 2 atom stereocenters. The highest BCUT2D eigenvalue weighted by molar-refractivity contribution is 5.85. The lowest BCUT2D eigenvalue weighted by molar-refractivity contribution is -0.135. The molecule has 2 fully saturated rings. The average Bonchev–Trinajstić information content (AvgIpc) is 2.90. The van der Waals surface area contributed by atoms with Crippen molar-refractivity contribution in [2.24, 2.45) is 5.73 Å². The summed E-state index contributed by atoms with van der Waals surface area (Å²) >= 11 is 0. The van der Waals surface area contributed by atoms with Gasteiger partial charge in [0.2, 0.25) is 5.91 Å². The molecule has 2 aliphatic heterocycles. The van der Waals surface area contributed by atoms with Crippen LogP contribution in [0.2, 0.25) is 0 Å². The first-order valence-electron chi connectivity index (χ1n) is 7.42. The number of halogens is 1. The van der Waals surface area contributed by atoms with Crippen molar-refractivity contribution < 1.29 is 9.53 Å². The first-order chi connectivity index (χ1) is 8.81. The van der Waals surface area contributed by atoms with E-state index >= 15 is 0 Å². The third kappa shape index (κ3) is 4.93. The van der Waals surface area contributed by atoms with E-state index < -0.39 is 0 Å². The summed E-state index contributed by atoms with van der Waals surface area (Å²) < 4.78 is 5.57. The highest BCUT2D eigenvalue weighted by atomic mass is 35.5. The average molecular weight is 291 g/mol. The van der Waals surface area contributed by atoms with Gasteiger partial charge in [-0.2, -0.15) is 0 Å². The summed E-state index contributed by atoms with van der Waals surface area (Å²) in [5.74, 6) is 0.309. The summed E-state index contributed by atoms with van der Waals surface area (Å²) in [6, 6.07) is 0.390. The summed E-state index contributed by atoms with van der Waals surface area (Å²) in [4.78, 5) is 14.3. The van der Waals surface area contributed by atoms with E-state index in [0.29, 0.717) is 31.0 Å². The highest BCUT2D eigenvalue weighted by Crippen LogP contribution is 2.22. The predicted octanol–water partition coefficient (Wildman–Crippen LogP) is 2.10. The van der Waals surface area contributed by atoms with E-state index in [0.717, 1.165) is 51.7 Å². The molecule has 2 saturated heterocycles. The molecule has 0 aromatic carbocycles. The van der Waals surface area contributed by atoms with Gasteiger partial charge in [-0.25, -0.2) is 0 Å². The molecule has 0 bridgehead atoms. The van der Waals surface area contributed by atoms with Crippen LogP contribution in [-0.2, 0) is 9.53 Å².